The summed E-state index contributed by atoms with van der Waals surface area (Å²) in [5.41, 5.74) is 2.25. The van der Waals surface area contributed by atoms with Crippen molar-refractivity contribution >= 4 is 11.6 Å². The Morgan fingerprint density at radius 3 is 2.00 bits per heavy atom. The van der Waals surface area contributed by atoms with Crippen LogP contribution in [0.25, 0.3) is 0 Å². The fraction of sp³-hybridized carbons (Fsp3) is 1.00. The van der Waals surface area contributed by atoms with Gasteiger partial charge in [-0.25, -0.2) is 0 Å². The second kappa shape index (κ2) is 15.7. The molecule has 3 N–H and O–H groups in total. The third kappa shape index (κ3) is 30.7. The average Bonchev–Trinajstić information content (AvgIpc) is 1.86. The molecule has 0 saturated heterocycles. The Morgan fingerprint density at radius 2 is 1.89 bits per heavy atom. The van der Waals surface area contributed by atoms with E-state index in [2.05, 4.69) is 18.2 Å². The van der Waals surface area contributed by atoms with Crippen LogP contribution in [-0.4, -0.2) is 12.9 Å². The van der Waals surface area contributed by atoms with Crippen molar-refractivity contribution in [2.75, 3.05) is 12.9 Å². The van der Waals surface area contributed by atoms with Gasteiger partial charge in [0.05, 0.1) is 0 Å². The summed E-state index contributed by atoms with van der Waals surface area (Å²) in [6.45, 7) is 2.17. The molecule has 0 fully saturated rings. The van der Waals surface area contributed by atoms with Crippen molar-refractivity contribution in [1.82, 2.24) is 5.43 Å². The molecule has 0 heterocycles. The summed E-state index contributed by atoms with van der Waals surface area (Å²) in [5, 5.41) is 0. The summed E-state index contributed by atoms with van der Waals surface area (Å²) in [7, 11) is 1.65. The van der Waals surface area contributed by atoms with Crippen molar-refractivity contribution in [1.29, 1.82) is 0 Å². The topological polar surface area (TPSA) is 38.0 Å². The largest absolute Gasteiger partial charge is 0.272 e. The van der Waals surface area contributed by atoms with Crippen LogP contribution >= 0.6 is 11.6 Å². The first kappa shape index (κ1) is 11.9. The molecule has 0 aromatic heterocycles. The highest BCUT2D eigenvalue weighted by Crippen LogP contribution is 1.93. The number of rotatable bonds is 3. The molecule has 0 radical (unpaired) electrons. The highest BCUT2D eigenvalue weighted by atomic mass is 35.5. The zero-order valence-electron chi connectivity index (χ0n) is 6.28. The lowest BCUT2D eigenvalue weighted by Gasteiger charge is -1.84. The Morgan fingerprint density at radius 1 is 1.44 bits per heavy atom. The molecule has 0 saturated carbocycles. The highest BCUT2D eigenvalue weighted by Gasteiger charge is 1.76. The van der Waals surface area contributed by atoms with Gasteiger partial charge in [-0.3, -0.25) is 11.3 Å². The van der Waals surface area contributed by atoms with Gasteiger partial charge in [-0.05, 0) is 13.5 Å². The molecular formula is C6H17ClN2. The molecule has 0 aromatic rings. The minimum Gasteiger partial charge on any atom is -0.272 e. The Hall–Kier alpha value is 0.210. The van der Waals surface area contributed by atoms with E-state index in [-0.39, 0.29) is 0 Å². The Balaban J connectivity index is 0. The predicted molar refractivity (Wildman–Crippen MR) is 43.5 cm³/mol. The summed E-state index contributed by atoms with van der Waals surface area (Å²) in [4.78, 5) is 0. The maximum Gasteiger partial charge on any atom is 0.0223 e. The van der Waals surface area contributed by atoms with Crippen LogP contribution in [0.1, 0.15) is 26.2 Å². The molecule has 9 heavy (non-hydrogen) atoms. The van der Waals surface area contributed by atoms with Crippen LogP contribution in [0, 0.1) is 0 Å². The lowest BCUT2D eigenvalue weighted by atomic mass is 10.3. The quantitative estimate of drug-likeness (QED) is 0.278. The van der Waals surface area contributed by atoms with Gasteiger partial charge in [-0.1, -0.05) is 19.8 Å². The fourth-order valence-electron chi connectivity index (χ4n) is 0.344. The second-order valence-corrected chi connectivity index (χ2v) is 2.06. The molecule has 2 nitrogen and oxygen atoms in total. The first-order valence-corrected chi connectivity index (χ1v) is 3.80. The molecule has 58 valence electrons. The van der Waals surface area contributed by atoms with Crippen LogP contribution in [0.3, 0.4) is 0 Å². The minimum atomic E-state index is 0.827. The van der Waals surface area contributed by atoms with Gasteiger partial charge >= 0.3 is 0 Å². The van der Waals surface area contributed by atoms with Gasteiger partial charge in [0, 0.05) is 5.88 Å². The normalized spacial score (nSPS) is 8.00. The van der Waals surface area contributed by atoms with Crippen molar-refractivity contribution in [3.05, 3.63) is 0 Å². The summed E-state index contributed by atoms with van der Waals surface area (Å²) < 4.78 is 0. The van der Waals surface area contributed by atoms with E-state index in [0.29, 0.717) is 0 Å². The molecule has 0 unspecified atom stereocenters. The van der Waals surface area contributed by atoms with E-state index in [0.717, 1.165) is 5.88 Å². The molecule has 0 amide bonds. The summed E-state index contributed by atoms with van der Waals surface area (Å²) in [6.07, 6.45) is 3.73. The fourth-order valence-corrected chi connectivity index (χ4v) is 0.533. The van der Waals surface area contributed by atoms with Crippen LogP contribution in [-0.2, 0) is 0 Å². The summed E-state index contributed by atoms with van der Waals surface area (Å²) >= 11 is 5.38. The first-order valence-electron chi connectivity index (χ1n) is 3.26. The third-order valence-corrected chi connectivity index (χ3v) is 1.00. The molecule has 0 aromatic carbocycles. The smallest absolute Gasteiger partial charge is 0.0223 e. The van der Waals surface area contributed by atoms with Crippen molar-refractivity contribution in [2.45, 2.75) is 26.2 Å². The number of nitrogens with one attached hydrogen (secondary N) is 1. The summed E-state index contributed by atoms with van der Waals surface area (Å²) in [6, 6.07) is 0. The minimum absolute atomic E-state index is 0.827. The number of hydrogen-bond acceptors (Lipinski definition) is 2. The van der Waals surface area contributed by atoms with Gasteiger partial charge in [0.15, 0.2) is 0 Å². The van der Waals surface area contributed by atoms with Gasteiger partial charge in [0.1, 0.15) is 0 Å². The monoisotopic (exact) mass is 152 g/mol. The molecule has 0 aliphatic rings. The highest BCUT2D eigenvalue weighted by molar-refractivity contribution is 6.17. The maximum absolute atomic E-state index is 5.38. The van der Waals surface area contributed by atoms with Crippen molar-refractivity contribution in [3.63, 3.8) is 0 Å². The zero-order valence-corrected chi connectivity index (χ0v) is 7.04. The third-order valence-electron chi connectivity index (χ3n) is 0.737. The Kier molecular flexibility index (Phi) is 20.9. The number of alkyl halides is 1. The standard InChI is InChI=1S/C5H11Cl.CH6N2/c1-2-3-4-5-6;1-3-2/h2-5H2,1H3;3H,2H2,1H3. The molecular weight excluding hydrogens is 136 g/mol. The van der Waals surface area contributed by atoms with Gasteiger partial charge in [-0.15, -0.1) is 11.6 Å². The van der Waals surface area contributed by atoms with Crippen molar-refractivity contribution < 1.29 is 0 Å². The Bertz CT molecular complexity index is 30.2. The van der Waals surface area contributed by atoms with E-state index in [1.807, 2.05) is 0 Å². The molecule has 0 bridgehead atoms. The van der Waals surface area contributed by atoms with Gasteiger partial charge in [-0.2, -0.15) is 0 Å². The van der Waals surface area contributed by atoms with E-state index in [1.165, 1.54) is 19.3 Å². The maximum atomic E-state index is 5.38. The molecule has 3 heteroatoms. The molecule has 0 aliphatic carbocycles. The number of halogens is 1. The van der Waals surface area contributed by atoms with Crippen LogP contribution in [0.5, 0.6) is 0 Å². The number of hydrazine groups is 1. The van der Waals surface area contributed by atoms with E-state index in [1.54, 1.807) is 7.05 Å². The SMILES string of the molecule is CCCCCCl.CNN. The lowest BCUT2D eigenvalue weighted by molar-refractivity contribution is 0.776. The molecule has 0 rings (SSSR count). The van der Waals surface area contributed by atoms with E-state index in [4.69, 9.17) is 11.6 Å². The average molecular weight is 153 g/mol. The number of hydrogen-bond donors (Lipinski definition) is 2. The van der Waals surface area contributed by atoms with Crippen LogP contribution in [0.15, 0.2) is 0 Å². The zero-order chi connectivity index (χ0) is 7.54. The van der Waals surface area contributed by atoms with Gasteiger partial charge < -0.3 is 0 Å². The van der Waals surface area contributed by atoms with E-state index < -0.39 is 0 Å². The summed E-state index contributed by atoms with van der Waals surface area (Å²) in [5.74, 6) is 5.42. The van der Waals surface area contributed by atoms with Crippen molar-refractivity contribution in [2.24, 2.45) is 5.84 Å². The van der Waals surface area contributed by atoms with E-state index >= 15 is 0 Å². The van der Waals surface area contributed by atoms with Crippen LogP contribution in [0.2, 0.25) is 0 Å². The first-order chi connectivity index (χ1) is 4.33. The van der Waals surface area contributed by atoms with Crippen LogP contribution in [0.4, 0.5) is 0 Å². The lowest BCUT2D eigenvalue weighted by Crippen LogP contribution is -2.13. The van der Waals surface area contributed by atoms with Crippen molar-refractivity contribution in [3.8, 4) is 0 Å². The molecule has 0 spiro atoms. The van der Waals surface area contributed by atoms with E-state index in [9.17, 15) is 0 Å². The number of nitrogens with two attached hydrogens (primary N) is 1. The predicted octanol–water partition coefficient (Wildman–Crippen LogP) is 1.49. The number of unbranched alkanes of at least 4 members (excludes halogenated alkanes) is 2. The molecule has 0 atom stereocenters. The van der Waals surface area contributed by atoms with Gasteiger partial charge in [0.2, 0.25) is 0 Å². The van der Waals surface area contributed by atoms with Crippen LogP contribution < -0.4 is 11.3 Å². The molecule has 0 aliphatic heterocycles. The second-order valence-electron chi connectivity index (χ2n) is 1.68. The Labute approximate surface area is 62.7 Å². The van der Waals surface area contributed by atoms with Gasteiger partial charge in [0.25, 0.3) is 0 Å².